The number of carbonyl (C=O) groups excluding carboxylic acids is 2. The number of hydrogen-bond donors (Lipinski definition) is 1. The number of benzene rings is 1. The smallest absolute Gasteiger partial charge is 0.253 e. The molecule has 6 heteroatoms. The third kappa shape index (κ3) is 5.26. The Hall–Kier alpha value is -1.69. The lowest BCUT2D eigenvalue weighted by atomic mass is 10.1. The highest BCUT2D eigenvalue weighted by atomic mass is 32.2. The third-order valence-corrected chi connectivity index (χ3v) is 4.82. The summed E-state index contributed by atoms with van der Waals surface area (Å²) in [6, 6.07) is 7.05. The van der Waals surface area contributed by atoms with Crippen LogP contribution in [-0.2, 0) is 21.3 Å². The molecular weight excluding hydrogens is 300 g/mol. The molecule has 2 amide bonds. The van der Waals surface area contributed by atoms with E-state index in [2.05, 4.69) is 5.32 Å². The molecule has 0 aliphatic rings. The molecule has 0 aliphatic heterocycles. The zero-order valence-electron chi connectivity index (χ0n) is 13.6. The molecule has 0 aliphatic carbocycles. The molecule has 0 bridgehead atoms. The van der Waals surface area contributed by atoms with Crippen molar-refractivity contribution in [3.05, 3.63) is 35.4 Å². The van der Waals surface area contributed by atoms with Crippen LogP contribution in [0.15, 0.2) is 24.3 Å². The molecular formula is C16H24N2O3S. The summed E-state index contributed by atoms with van der Waals surface area (Å²) in [7, 11) is 2.06. The van der Waals surface area contributed by atoms with Gasteiger partial charge in [-0.2, -0.15) is 0 Å². The van der Waals surface area contributed by atoms with Crippen molar-refractivity contribution in [3.8, 4) is 0 Å². The molecule has 0 spiro atoms. The van der Waals surface area contributed by atoms with Crippen LogP contribution in [0.5, 0.6) is 0 Å². The molecule has 0 radical (unpaired) electrons. The van der Waals surface area contributed by atoms with Crippen LogP contribution < -0.4 is 5.32 Å². The quantitative estimate of drug-likeness (QED) is 0.827. The van der Waals surface area contributed by atoms with Crippen LogP contribution in [-0.4, -0.2) is 46.8 Å². The Kier molecular flexibility index (Phi) is 7.24. The average molecular weight is 324 g/mol. The molecule has 1 aromatic carbocycles. The molecule has 1 rings (SSSR count). The lowest BCUT2D eigenvalue weighted by molar-refractivity contribution is -0.120. The second-order valence-corrected chi connectivity index (χ2v) is 7.12. The Morgan fingerprint density at radius 3 is 2.59 bits per heavy atom. The summed E-state index contributed by atoms with van der Waals surface area (Å²) in [6.45, 7) is 4.22. The molecule has 0 heterocycles. The van der Waals surface area contributed by atoms with E-state index in [0.29, 0.717) is 12.1 Å². The average Bonchev–Trinajstić information content (AvgIpc) is 2.51. The van der Waals surface area contributed by atoms with E-state index < -0.39 is 16.0 Å². The zero-order valence-corrected chi connectivity index (χ0v) is 14.4. The topological polar surface area (TPSA) is 66.5 Å². The molecule has 0 saturated carbocycles. The molecule has 1 aromatic rings. The van der Waals surface area contributed by atoms with Crippen LogP contribution in [0.25, 0.3) is 0 Å². The first-order chi connectivity index (χ1) is 10.4. The molecule has 0 fully saturated rings. The minimum absolute atomic E-state index is 0.0960. The van der Waals surface area contributed by atoms with Crippen LogP contribution in [0.4, 0.5) is 0 Å². The van der Waals surface area contributed by atoms with Gasteiger partial charge in [0.25, 0.3) is 5.91 Å². The maximum atomic E-state index is 12.3. The molecule has 2 atom stereocenters. The lowest BCUT2D eigenvalue weighted by Gasteiger charge is -2.13. The van der Waals surface area contributed by atoms with Gasteiger partial charge in [0.1, 0.15) is 5.25 Å². The minimum Gasteiger partial charge on any atom is -0.355 e. The lowest BCUT2D eigenvalue weighted by Crippen LogP contribution is -2.36. The number of amides is 2. The van der Waals surface area contributed by atoms with Crippen LogP contribution in [0.2, 0.25) is 0 Å². The van der Waals surface area contributed by atoms with Crippen molar-refractivity contribution in [3.63, 3.8) is 0 Å². The number of carbonyl (C=O) groups is 2. The fourth-order valence-electron chi connectivity index (χ4n) is 1.85. The van der Waals surface area contributed by atoms with Gasteiger partial charge in [0.05, 0.1) is 0 Å². The Balaban J connectivity index is 2.74. The maximum absolute atomic E-state index is 12.3. The van der Waals surface area contributed by atoms with Gasteiger partial charge in [-0.15, -0.1) is 0 Å². The maximum Gasteiger partial charge on any atom is 0.253 e. The third-order valence-electron chi connectivity index (χ3n) is 3.20. The van der Waals surface area contributed by atoms with Gasteiger partial charge < -0.3 is 10.2 Å². The van der Waals surface area contributed by atoms with Crippen molar-refractivity contribution in [1.29, 1.82) is 0 Å². The van der Waals surface area contributed by atoms with Gasteiger partial charge in [0.15, 0.2) is 0 Å². The van der Waals surface area contributed by atoms with Crippen molar-refractivity contribution in [1.82, 2.24) is 10.2 Å². The standard InChI is InChI=1S/C16H24N2O3S/c1-5-9-17-15(19)12(2)22(21)11-13-7-6-8-14(10-13)16(20)18(3)4/h6-8,10,12H,5,9,11H2,1-4H3,(H,17,19)/t12-,22-/m1/s1. The van der Waals surface area contributed by atoms with Gasteiger partial charge in [0.2, 0.25) is 5.91 Å². The second kappa shape index (κ2) is 8.68. The first-order valence-electron chi connectivity index (χ1n) is 7.32. The Morgan fingerprint density at radius 2 is 2.00 bits per heavy atom. The van der Waals surface area contributed by atoms with E-state index in [1.807, 2.05) is 13.0 Å². The van der Waals surface area contributed by atoms with Crippen molar-refractivity contribution < 1.29 is 13.8 Å². The van der Waals surface area contributed by atoms with E-state index >= 15 is 0 Å². The van der Waals surface area contributed by atoms with Crippen molar-refractivity contribution in [2.24, 2.45) is 0 Å². The molecule has 5 nitrogen and oxygen atoms in total. The zero-order chi connectivity index (χ0) is 16.7. The van der Waals surface area contributed by atoms with E-state index in [0.717, 1.165) is 12.0 Å². The van der Waals surface area contributed by atoms with Crippen LogP contribution in [0, 0.1) is 0 Å². The van der Waals surface area contributed by atoms with Crippen LogP contribution in [0.1, 0.15) is 36.2 Å². The van der Waals surface area contributed by atoms with Gasteiger partial charge in [0, 0.05) is 42.8 Å². The van der Waals surface area contributed by atoms with E-state index in [9.17, 15) is 13.8 Å². The molecule has 122 valence electrons. The number of rotatable bonds is 7. The van der Waals surface area contributed by atoms with E-state index in [1.54, 1.807) is 39.2 Å². The molecule has 22 heavy (non-hydrogen) atoms. The molecule has 0 saturated heterocycles. The fraction of sp³-hybridized carbons (Fsp3) is 0.500. The van der Waals surface area contributed by atoms with E-state index in [4.69, 9.17) is 0 Å². The largest absolute Gasteiger partial charge is 0.355 e. The van der Waals surface area contributed by atoms with Crippen molar-refractivity contribution in [2.45, 2.75) is 31.3 Å². The minimum atomic E-state index is -1.32. The Labute approximate surface area is 134 Å². The SMILES string of the molecule is CCCNC(=O)[C@@H](C)[S@](=O)Cc1cccc(C(=O)N(C)C)c1. The van der Waals surface area contributed by atoms with Crippen molar-refractivity contribution >= 4 is 22.6 Å². The van der Waals surface area contributed by atoms with Gasteiger partial charge in [-0.1, -0.05) is 19.1 Å². The van der Waals surface area contributed by atoms with E-state index in [1.165, 1.54) is 4.90 Å². The summed E-state index contributed by atoms with van der Waals surface area (Å²) in [5.74, 6) is -0.0306. The summed E-state index contributed by atoms with van der Waals surface area (Å²) in [5.41, 5.74) is 1.35. The van der Waals surface area contributed by atoms with Gasteiger partial charge >= 0.3 is 0 Å². The van der Waals surface area contributed by atoms with Gasteiger partial charge in [-0.3, -0.25) is 13.8 Å². The first-order valence-corrected chi connectivity index (χ1v) is 8.70. The molecule has 1 N–H and O–H groups in total. The second-order valence-electron chi connectivity index (χ2n) is 5.36. The summed E-state index contributed by atoms with van der Waals surface area (Å²) in [6.07, 6.45) is 0.847. The normalized spacial score (nSPS) is 13.3. The molecule has 0 unspecified atom stereocenters. The van der Waals surface area contributed by atoms with Crippen molar-refractivity contribution in [2.75, 3.05) is 20.6 Å². The monoisotopic (exact) mass is 324 g/mol. The number of nitrogens with one attached hydrogen (secondary N) is 1. The summed E-state index contributed by atoms with van der Waals surface area (Å²) in [5, 5.41) is 2.18. The van der Waals surface area contributed by atoms with Crippen LogP contribution in [0.3, 0.4) is 0 Å². The van der Waals surface area contributed by atoms with E-state index in [-0.39, 0.29) is 17.6 Å². The van der Waals surface area contributed by atoms with Crippen LogP contribution >= 0.6 is 0 Å². The highest BCUT2D eigenvalue weighted by Crippen LogP contribution is 2.11. The van der Waals surface area contributed by atoms with Gasteiger partial charge in [-0.25, -0.2) is 0 Å². The number of hydrogen-bond acceptors (Lipinski definition) is 3. The van der Waals surface area contributed by atoms with Gasteiger partial charge in [-0.05, 0) is 31.0 Å². The summed E-state index contributed by atoms with van der Waals surface area (Å²) in [4.78, 5) is 25.3. The Morgan fingerprint density at radius 1 is 1.32 bits per heavy atom. The number of nitrogens with zero attached hydrogens (tertiary/aromatic N) is 1. The summed E-state index contributed by atoms with van der Waals surface area (Å²) >= 11 is 0. The fourth-order valence-corrected chi connectivity index (χ4v) is 2.93. The summed E-state index contributed by atoms with van der Waals surface area (Å²) < 4.78 is 12.3. The highest BCUT2D eigenvalue weighted by molar-refractivity contribution is 7.85. The highest BCUT2D eigenvalue weighted by Gasteiger charge is 2.20. The Bertz CT molecular complexity index is 558. The predicted molar refractivity (Wildman–Crippen MR) is 89.1 cm³/mol. The first kappa shape index (κ1) is 18.4. The predicted octanol–water partition coefficient (Wildman–Crippen LogP) is 1.55. The molecule has 0 aromatic heterocycles.